The van der Waals surface area contributed by atoms with Gasteiger partial charge in [0.2, 0.25) is 0 Å². The second-order valence-electron chi connectivity index (χ2n) is 10.9. The maximum Gasteiger partial charge on any atom is 0.333 e. The Kier molecular flexibility index (Phi) is 4.82. The van der Waals surface area contributed by atoms with E-state index in [2.05, 4.69) is 0 Å². The monoisotopic (exact) mass is 578 g/mol. The molecular weight excluding hydrogens is 556 g/mol. The van der Waals surface area contributed by atoms with E-state index in [0.717, 1.165) is 33.4 Å². The van der Waals surface area contributed by atoms with Gasteiger partial charge in [-0.25, -0.2) is 19.6 Å². The summed E-state index contributed by atoms with van der Waals surface area (Å²) in [6.07, 6.45) is 0. The van der Waals surface area contributed by atoms with Gasteiger partial charge in [-0.2, -0.15) is 0 Å². The Hall–Kier alpha value is -6.16. The highest BCUT2D eigenvalue weighted by molar-refractivity contribution is 5.86. The summed E-state index contributed by atoms with van der Waals surface area (Å²) in [5, 5.41) is 1.17. The van der Waals surface area contributed by atoms with E-state index in [0.29, 0.717) is 45.1 Å². The lowest BCUT2D eigenvalue weighted by atomic mass is 10.2. The van der Waals surface area contributed by atoms with Gasteiger partial charge in [0.25, 0.3) is 0 Å². The predicted molar refractivity (Wildman–Crippen MR) is 165 cm³/mol. The zero-order valence-corrected chi connectivity index (χ0v) is 23.6. The van der Waals surface area contributed by atoms with Crippen LogP contribution < -0.4 is 31.6 Å². The number of rotatable bonds is 2. The summed E-state index contributed by atoms with van der Waals surface area (Å²) in [4.78, 5) is 36.2. The summed E-state index contributed by atoms with van der Waals surface area (Å²) < 4.78 is 19.2. The Bertz CT molecular complexity index is 2430. The van der Waals surface area contributed by atoms with E-state index in [-0.39, 0.29) is 11.4 Å². The van der Waals surface area contributed by atoms with Crippen LogP contribution in [0.4, 0.5) is 11.4 Å². The lowest BCUT2D eigenvalue weighted by molar-refractivity contribution is 0.451. The van der Waals surface area contributed by atoms with Crippen molar-refractivity contribution in [1.29, 1.82) is 0 Å². The molecule has 0 unspecified atom stereocenters. The highest BCUT2D eigenvalue weighted by Crippen LogP contribution is 2.40. The van der Waals surface area contributed by atoms with Crippen molar-refractivity contribution >= 4 is 33.4 Å². The molecule has 5 aromatic carbocycles. The fraction of sp³-hybridized carbons (Fsp3) is 0.0588. The fourth-order valence-corrected chi connectivity index (χ4v) is 6.07. The maximum absolute atomic E-state index is 13.2. The normalized spacial score (nSPS) is 12.8. The molecule has 2 aromatic heterocycles. The number of fused-ring (bicyclic) bond motifs is 6. The maximum atomic E-state index is 13.2. The first-order valence-electron chi connectivity index (χ1n) is 14.0. The average Bonchev–Trinajstić information content (AvgIpc) is 3.43. The molecule has 0 aliphatic carbocycles. The van der Waals surface area contributed by atoms with Crippen molar-refractivity contribution in [2.75, 3.05) is 0 Å². The van der Waals surface area contributed by atoms with Crippen LogP contribution in [0.25, 0.3) is 33.4 Å². The molecule has 0 fully saturated rings. The molecule has 212 valence electrons. The zero-order chi connectivity index (χ0) is 29.7. The molecule has 7 aromatic rings. The van der Waals surface area contributed by atoms with Gasteiger partial charge in [0.1, 0.15) is 22.1 Å². The number of aromatic nitrogens is 4. The Morgan fingerprint density at radius 1 is 0.500 bits per heavy atom. The van der Waals surface area contributed by atoms with Crippen molar-refractivity contribution in [2.45, 2.75) is 0 Å². The number of aryl methyl sites for hydroxylation is 2. The molecule has 0 bridgehead atoms. The standard InChI is InChI=1S/C34H22N6O4/c1-37-25-17-31-21(13-27(25)39(33(37)41)19-9-5-3-6-10-19)35-23-16-30-24(15-29(23)43-31)36-22-14-28-26(18-32(22)44-30)38(2)34(42)40(28)20-11-7-4-8-12-20/h3-18H,1-2H3. The molecule has 10 nitrogen and oxygen atoms in total. The number of ether oxygens (including phenoxy) is 2. The number of imidazole rings is 2. The molecule has 9 rings (SSSR count). The summed E-state index contributed by atoms with van der Waals surface area (Å²) in [5.74, 6) is 2.14. The lowest BCUT2D eigenvalue weighted by Gasteiger charge is -2.18. The SMILES string of the molecule is Cn1c(=O)n(-c2ccccc2)c2cc3c(cc21)Oc1cc2c(cc1=N3)Oc1cc3c(cc1N=2)n(-c1ccccc1)c(=O)n3C. The minimum absolute atomic E-state index is 0.156. The zero-order valence-electron chi connectivity index (χ0n) is 23.6. The van der Waals surface area contributed by atoms with Crippen molar-refractivity contribution in [1.82, 2.24) is 18.3 Å². The molecule has 2 aliphatic rings. The molecule has 0 saturated carbocycles. The third-order valence-corrected chi connectivity index (χ3v) is 8.26. The van der Waals surface area contributed by atoms with Crippen molar-refractivity contribution in [2.24, 2.45) is 24.1 Å². The first kappa shape index (κ1) is 24.4. The number of hydrogen-bond acceptors (Lipinski definition) is 6. The quantitative estimate of drug-likeness (QED) is 0.286. The highest BCUT2D eigenvalue weighted by Gasteiger charge is 2.23. The first-order chi connectivity index (χ1) is 21.4. The van der Waals surface area contributed by atoms with E-state index in [9.17, 15) is 9.59 Å². The molecule has 0 atom stereocenters. The third-order valence-electron chi connectivity index (χ3n) is 8.26. The van der Waals surface area contributed by atoms with Gasteiger partial charge in [0.05, 0.1) is 33.4 Å². The van der Waals surface area contributed by atoms with Crippen molar-refractivity contribution < 1.29 is 9.47 Å². The molecule has 0 amide bonds. The molecule has 0 spiro atoms. The van der Waals surface area contributed by atoms with Crippen molar-refractivity contribution in [3.63, 3.8) is 0 Å². The molecule has 0 radical (unpaired) electrons. The molecule has 0 N–H and O–H groups in total. The molecule has 4 heterocycles. The van der Waals surface area contributed by atoms with Gasteiger partial charge in [0, 0.05) is 38.4 Å². The van der Waals surface area contributed by atoms with Crippen LogP contribution in [0, 0.1) is 0 Å². The molecule has 0 saturated heterocycles. The molecule has 10 heteroatoms. The minimum atomic E-state index is -0.156. The van der Waals surface area contributed by atoms with Gasteiger partial charge in [-0.15, -0.1) is 0 Å². The van der Waals surface area contributed by atoms with Crippen LogP contribution in [0.5, 0.6) is 23.0 Å². The van der Waals surface area contributed by atoms with Crippen molar-refractivity contribution in [3.8, 4) is 34.4 Å². The smallest absolute Gasteiger partial charge is 0.333 e. The van der Waals surface area contributed by atoms with E-state index in [1.165, 1.54) is 0 Å². The van der Waals surface area contributed by atoms with Gasteiger partial charge >= 0.3 is 11.4 Å². The summed E-state index contributed by atoms with van der Waals surface area (Å²) in [7, 11) is 3.49. The number of para-hydroxylation sites is 2. The van der Waals surface area contributed by atoms with Crippen LogP contribution in [0.1, 0.15) is 0 Å². The summed E-state index contributed by atoms with van der Waals surface area (Å²) in [6, 6.07) is 30.1. The van der Waals surface area contributed by atoms with Crippen LogP contribution >= 0.6 is 0 Å². The second-order valence-corrected chi connectivity index (χ2v) is 10.9. The molecule has 2 aliphatic heterocycles. The van der Waals surface area contributed by atoms with Crippen LogP contribution in [-0.4, -0.2) is 18.3 Å². The Morgan fingerprint density at radius 3 is 1.32 bits per heavy atom. The highest BCUT2D eigenvalue weighted by atomic mass is 16.5. The summed E-state index contributed by atoms with van der Waals surface area (Å²) >= 11 is 0. The van der Waals surface area contributed by atoms with Gasteiger partial charge in [0.15, 0.2) is 23.0 Å². The van der Waals surface area contributed by atoms with Crippen molar-refractivity contribution in [3.05, 3.63) is 129 Å². The Balaban J connectivity index is 1.20. The number of nitrogens with zero attached hydrogens (tertiary/aromatic N) is 6. The Labute approximate surface area is 248 Å². The van der Waals surface area contributed by atoms with Gasteiger partial charge in [-0.1, -0.05) is 36.4 Å². The molecule has 44 heavy (non-hydrogen) atoms. The summed E-state index contributed by atoms with van der Waals surface area (Å²) in [6.45, 7) is 0. The van der Waals surface area contributed by atoms with Crippen LogP contribution in [0.2, 0.25) is 0 Å². The van der Waals surface area contributed by atoms with Crippen LogP contribution in [-0.2, 0) is 14.1 Å². The number of hydrogen-bond donors (Lipinski definition) is 0. The first-order valence-corrected chi connectivity index (χ1v) is 14.0. The van der Waals surface area contributed by atoms with Gasteiger partial charge < -0.3 is 9.47 Å². The topological polar surface area (TPSA) is 97.0 Å². The average molecular weight is 579 g/mol. The third kappa shape index (κ3) is 3.36. The summed E-state index contributed by atoms with van der Waals surface area (Å²) in [5.41, 5.74) is 5.36. The van der Waals surface area contributed by atoms with E-state index in [1.54, 1.807) is 44.5 Å². The second kappa shape index (κ2) is 8.68. The van der Waals surface area contributed by atoms with Crippen LogP contribution in [0.15, 0.2) is 117 Å². The molecular formula is C34H22N6O4. The van der Waals surface area contributed by atoms with E-state index in [1.807, 2.05) is 84.9 Å². The Morgan fingerprint density at radius 2 is 0.909 bits per heavy atom. The number of benzene rings is 5. The van der Waals surface area contributed by atoms with Gasteiger partial charge in [-0.05, 0) is 36.4 Å². The largest absolute Gasteiger partial charge is 0.453 e. The van der Waals surface area contributed by atoms with E-state index >= 15 is 0 Å². The van der Waals surface area contributed by atoms with E-state index in [4.69, 9.17) is 19.5 Å². The van der Waals surface area contributed by atoms with Gasteiger partial charge in [-0.3, -0.25) is 18.3 Å². The van der Waals surface area contributed by atoms with E-state index < -0.39 is 0 Å². The minimum Gasteiger partial charge on any atom is -0.453 e. The predicted octanol–water partition coefficient (Wildman–Crippen LogP) is 5.09. The van der Waals surface area contributed by atoms with Crippen LogP contribution in [0.3, 0.4) is 0 Å². The fourth-order valence-electron chi connectivity index (χ4n) is 6.07. The lowest BCUT2D eigenvalue weighted by Crippen LogP contribution is -2.20.